The molecule has 0 spiro atoms. The predicted octanol–water partition coefficient (Wildman–Crippen LogP) is 3.11. The smallest absolute Gasteiger partial charge is 0.256 e. The molecule has 1 fully saturated rings. The summed E-state index contributed by atoms with van der Waals surface area (Å²) in [4.78, 5) is 21.2. The summed E-state index contributed by atoms with van der Waals surface area (Å²) in [6, 6.07) is 13.0. The maximum atomic E-state index is 13.2. The molecule has 3 aromatic rings. The maximum absolute atomic E-state index is 13.2. The van der Waals surface area contributed by atoms with Crippen LogP contribution >= 0.6 is 0 Å². The summed E-state index contributed by atoms with van der Waals surface area (Å²) in [6.45, 7) is 4.47. The number of hydrogen-bond donors (Lipinski definition) is 1. The average Bonchev–Trinajstić information content (AvgIpc) is 2.83. The van der Waals surface area contributed by atoms with Crippen molar-refractivity contribution >= 4 is 21.7 Å². The Balaban J connectivity index is 1.50. The zero-order valence-corrected chi connectivity index (χ0v) is 19.7. The van der Waals surface area contributed by atoms with Gasteiger partial charge in [0.2, 0.25) is 10.0 Å². The number of nitrogens with zero attached hydrogens (tertiary/aromatic N) is 3. The van der Waals surface area contributed by atoms with Crippen molar-refractivity contribution in [2.75, 3.05) is 18.4 Å². The van der Waals surface area contributed by atoms with E-state index < -0.39 is 15.9 Å². The first-order valence-corrected chi connectivity index (χ1v) is 12.3. The van der Waals surface area contributed by atoms with E-state index in [-0.39, 0.29) is 48.2 Å². The van der Waals surface area contributed by atoms with Crippen LogP contribution in [0.15, 0.2) is 72.0 Å². The lowest BCUT2D eigenvalue weighted by Crippen LogP contribution is -2.48. The summed E-state index contributed by atoms with van der Waals surface area (Å²) in [7, 11) is -3.78. The van der Waals surface area contributed by atoms with Crippen molar-refractivity contribution in [3.63, 3.8) is 0 Å². The lowest BCUT2D eigenvalue weighted by atomic mass is 10.2. The number of nitrogens with one attached hydrogen (secondary N) is 1. The minimum atomic E-state index is -3.78. The van der Waals surface area contributed by atoms with Crippen molar-refractivity contribution in [3.8, 4) is 5.75 Å². The molecule has 4 rings (SSSR count). The third-order valence-electron chi connectivity index (χ3n) is 5.27. The molecule has 1 aliphatic rings. The van der Waals surface area contributed by atoms with Crippen LogP contribution in [0.5, 0.6) is 5.75 Å². The van der Waals surface area contributed by atoms with Crippen molar-refractivity contribution in [3.05, 3.63) is 78.2 Å². The minimum absolute atomic E-state index is 0.0524. The predicted molar refractivity (Wildman–Crippen MR) is 126 cm³/mol. The van der Waals surface area contributed by atoms with Crippen LogP contribution in [0.1, 0.15) is 29.8 Å². The molecule has 1 aromatic carbocycles. The monoisotopic (exact) mass is 482 g/mol. The number of amides is 1. The van der Waals surface area contributed by atoms with Crippen LogP contribution in [0.25, 0.3) is 0 Å². The van der Waals surface area contributed by atoms with Gasteiger partial charge in [0, 0.05) is 37.2 Å². The molecule has 0 bridgehead atoms. The number of pyridine rings is 2. The van der Waals surface area contributed by atoms with Gasteiger partial charge in [0.05, 0.1) is 17.1 Å². The van der Waals surface area contributed by atoms with Gasteiger partial charge in [0.25, 0.3) is 5.91 Å². The minimum Gasteiger partial charge on any atom is -0.485 e. The van der Waals surface area contributed by atoms with Gasteiger partial charge >= 0.3 is 0 Å². The van der Waals surface area contributed by atoms with Crippen molar-refractivity contribution in [1.82, 2.24) is 14.3 Å². The van der Waals surface area contributed by atoms with Crippen molar-refractivity contribution < 1.29 is 22.7 Å². The van der Waals surface area contributed by atoms with Gasteiger partial charge in [0.1, 0.15) is 6.61 Å². The van der Waals surface area contributed by atoms with E-state index in [2.05, 4.69) is 15.3 Å². The van der Waals surface area contributed by atoms with Gasteiger partial charge < -0.3 is 14.8 Å². The van der Waals surface area contributed by atoms with E-state index in [0.717, 1.165) is 5.56 Å². The molecule has 178 valence electrons. The van der Waals surface area contributed by atoms with E-state index in [1.165, 1.54) is 22.6 Å². The molecule has 10 heteroatoms. The molecule has 1 N–H and O–H groups in total. The van der Waals surface area contributed by atoms with Crippen LogP contribution in [-0.4, -0.2) is 53.9 Å². The number of aromatic nitrogens is 2. The molecule has 1 amide bonds. The highest BCUT2D eigenvalue weighted by molar-refractivity contribution is 7.89. The Hall–Kier alpha value is -3.34. The lowest BCUT2D eigenvalue weighted by molar-refractivity contribution is -0.0440. The summed E-state index contributed by atoms with van der Waals surface area (Å²) in [5.74, 6) is 0.145. The normalized spacial score (nSPS) is 18.9. The second-order valence-electron chi connectivity index (χ2n) is 8.06. The standard InChI is InChI=1S/C24H26N4O5S/c1-17-14-28(15-18(2)33-17)34(30,31)21-6-3-5-20(13-21)24(29)27-23-22(7-4-10-26-23)32-16-19-8-11-25-12-9-19/h3-13,17-18H,14-16H2,1-2H3,(H,26,27,29). The fraction of sp³-hybridized carbons (Fsp3) is 0.292. The molecule has 9 nitrogen and oxygen atoms in total. The first kappa shape index (κ1) is 23.8. The molecule has 0 saturated carbocycles. The third-order valence-corrected chi connectivity index (χ3v) is 7.09. The van der Waals surface area contributed by atoms with Gasteiger partial charge in [0.15, 0.2) is 11.6 Å². The number of ether oxygens (including phenoxy) is 2. The fourth-order valence-electron chi connectivity index (χ4n) is 3.69. The Kier molecular flexibility index (Phi) is 7.20. The molecular weight excluding hydrogens is 456 g/mol. The van der Waals surface area contributed by atoms with E-state index in [4.69, 9.17) is 9.47 Å². The van der Waals surface area contributed by atoms with Crippen LogP contribution in [0.2, 0.25) is 0 Å². The van der Waals surface area contributed by atoms with Gasteiger partial charge in [-0.15, -0.1) is 0 Å². The van der Waals surface area contributed by atoms with Gasteiger partial charge in [-0.3, -0.25) is 9.78 Å². The molecule has 2 aromatic heterocycles. The summed E-state index contributed by atoms with van der Waals surface area (Å²) < 4.78 is 39.2. The van der Waals surface area contributed by atoms with Gasteiger partial charge in [-0.05, 0) is 61.9 Å². The topological polar surface area (TPSA) is 111 Å². The van der Waals surface area contributed by atoms with Crippen molar-refractivity contribution in [1.29, 1.82) is 0 Å². The molecule has 0 radical (unpaired) electrons. The number of anilines is 1. The summed E-state index contributed by atoms with van der Waals surface area (Å²) in [5, 5.41) is 2.72. The molecule has 1 saturated heterocycles. The second kappa shape index (κ2) is 10.3. The number of morpholine rings is 1. The largest absolute Gasteiger partial charge is 0.485 e. The summed E-state index contributed by atoms with van der Waals surface area (Å²) >= 11 is 0. The Labute approximate surface area is 198 Å². The van der Waals surface area contributed by atoms with E-state index in [1.807, 2.05) is 26.0 Å². The summed E-state index contributed by atoms with van der Waals surface area (Å²) in [6.07, 6.45) is 4.46. The highest BCUT2D eigenvalue weighted by atomic mass is 32.2. The maximum Gasteiger partial charge on any atom is 0.256 e. The highest BCUT2D eigenvalue weighted by Crippen LogP contribution is 2.25. The van der Waals surface area contributed by atoms with E-state index in [0.29, 0.717) is 5.75 Å². The SMILES string of the molecule is CC1CN(S(=O)(=O)c2cccc(C(=O)Nc3ncccc3OCc3ccncc3)c2)CC(C)O1. The Bertz CT molecular complexity index is 1240. The first-order valence-electron chi connectivity index (χ1n) is 10.9. The van der Waals surface area contributed by atoms with E-state index in [9.17, 15) is 13.2 Å². The quantitative estimate of drug-likeness (QED) is 0.551. The number of benzene rings is 1. The zero-order chi connectivity index (χ0) is 24.1. The Morgan fingerprint density at radius 2 is 1.82 bits per heavy atom. The van der Waals surface area contributed by atoms with E-state index in [1.54, 1.807) is 36.7 Å². The molecular formula is C24H26N4O5S. The van der Waals surface area contributed by atoms with Gasteiger partial charge in [-0.1, -0.05) is 6.07 Å². The Morgan fingerprint density at radius 3 is 2.56 bits per heavy atom. The molecule has 2 atom stereocenters. The highest BCUT2D eigenvalue weighted by Gasteiger charge is 2.32. The number of carbonyl (C=O) groups excluding carboxylic acids is 1. The average molecular weight is 483 g/mol. The third kappa shape index (κ3) is 5.58. The van der Waals surface area contributed by atoms with Crippen LogP contribution in [0, 0.1) is 0 Å². The van der Waals surface area contributed by atoms with Crippen molar-refractivity contribution in [2.45, 2.75) is 37.6 Å². The second-order valence-corrected chi connectivity index (χ2v) is 9.99. The zero-order valence-electron chi connectivity index (χ0n) is 18.9. The van der Waals surface area contributed by atoms with E-state index >= 15 is 0 Å². The van der Waals surface area contributed by atoms with Crippen LogP contribution in [0.3, 0.4) is 0 Å². The van der Waals surface area contributed by atoms with Gasteiger partial charge in [-0.25, -0.2) is 13.4 Å². The number of carbonyl (C=O) groups is 1. The molecule has 3 heterocycles. The lowest BCUT2D eigenvalue weighted by Gasteiger charge is -2.34. The van der Waals surface area contributed by atoms with Crippen LogP contribution in [0.4, 0.5) is 5.82 Å². The van der Waals surface area contributed by atoms with Crippen molar-refractivity contribution in [2.24, 2.45) is 0 Å². The van der Waals surface area contributed by atoms with Crippen LogP contribution < -0.4 is 10.1 Å². The molecule has 34 heavy (non-hydrogen) atoms. The number of rotatable bonds is 7. The molecule has 0 aliphatic carbocycles. The fourth-order valence-corrected chi connectivity index (χ4v) is 5.33. The number of sulfonamides is 1. The molecule has 2 unspecified atom stereocenters. The van der Waals surface area contributed by atoms with Crippen LogP contribution in [-0.2, 0) is 21.4 Å². The Morgan fingerprint density at radius 1 is 1.09 bits per heavy atom. The first-order chi connectivity index (χ1) is 16.3. The number of hydrogen-bond acceptors (Lipinski definition) is 7. The molecule has 1 aliphatic heterocycles. The van der Waals surface area contributed by atoms with Gasteiger partial charge in [-0.2, -0.15) is 4.31 Å². The summed E-state index contributed by atoms with van der Waals surface area (Å²) in [5.41, 5.74) is 1.11.